The molecule has 1 heterocycles. The number of aromatic nitrogens is 2. The molecule has 0 N–H and O–H groups in total. The Kier molecular flexibility index (Phi) is 3.88. The quantitative estimate of drug-likeness (QED) is 0.818. The highest BCUT2D eigenvalue weighted by molar-refractivity contribution is 5.89. The van der Waals surface area contributed by atoms with E-state index in [9.17, 15) is 18.0 Å². The second-order valence-electron chi connectivity index (χ2n) is 4.02. The van der Waals surface area contributed by atoms with E-state index in [1.807, 2.05) is 0 Å². The monoisotopic (exact) mass is 300 g/mol. The number of hydrogen-bond donors (Lipinski definition) is 0. The van der Waals surface area contributed by atoms with E-state index < -0.39 is 17.8 Å². The first-order chi connectivity index (χ1) is 9.86. The van der Waals surface area contributed by atoms with Gasteiger partial charge in [0.15, 0.2) is 5.69 Å². The Labute approximate surface area is 117 Å². The number of hydrogen-bond acceptors (Lipinski definition) is 4. The van der Waals surface area contributed by atoms with Crippen LogP contribution in [-0.4, -0.2) is 30.0 Å². The Morgan fingerprint density at radius 3 is 2.29 bits per heavy atom. The van der Waals surface area contributed by atoms with Crippen LogP contribution in [0.25, 0.3) is 5.69 Å². The van der Waals surface area contributed by atoms with Gasteiger partial charge in [0.1, 0.15) is 0 Å². The smallest absolute Gasteiger partial charge is 0.435 e. The first-order valence-corrected chi connectivity index (χ1v) is 5.77. The summed E-state index contributed by atoms with van der Waals surface area (Å²) < 4.78 is 48.4. The van der Waals surface area contributed by atoms with Gasteiger partial charge >= 0.3 is 12.1 Å². The third-order valence-corrected chi connectivity index (χ3v) is 2.71. The van der Waals surface area contributed by atoms with Crippen LogP contribution < -0.4 is 4.74 Å². The van der Waals surface area contributed by atoms with E-state index >= 15 is 0 Å². The fourth-order valence-electron chi connectivity index (χ4n) is 1.69. The fourth-order valence-corrected chi connectivity index (χ4v) is 1.69. The van der Waals surface area contributed by atoms with Crippen molar-refractivity contribution in [2.75, 3.05) is 14.2 Å². The molecule has 0 aliphatic heterocycles. The Bertz CT molecular complexity index is 648. The van der Waals surface area contributed by atoms with E-state index in [-0.39, 0.29) is 11.4 Å². The van der Waals surface area contributed by atoms with Crippen LogP contribution in [0.3, 0.4) is 0 Å². The lowest BCUT2D eigenvalue weighted by Crippen LogP contribution is -2.07. The van der Waals surface area contributed by atoms with Gasteiger partial charge in [0.2, 0.25) is 5.88 Å². The number of carbonyl (C=O) groups excluding carboxylic acids is 1. The lowest BCUT2D eigenvalue weighted by Gasteiger charge is -2.06. The average molecular weight is 300 g/mol. The number of carbonyl (C=O) groups is 1. The molecule has 0 saturated carbocycles. The number of alkyl halides is 3. The van der Waals surface area contributed by atoms with E-state index in [1.165, 1.54) is 38.5 Å². The zero-order valence-electron chi connectivity index (χ0n) is 11.1. The molecule has 0 atom stereocenters. The van der Waals surface area contributed by atoms with Crippen LogP contribution in [0.1, 0.15) is 16.1 Å². The molecule has 0 aliphatic rings. The van der Waals surface area contributed by atoms with Gasteiger partial charge in [-0.3, -0.25) is 0 Å². The minimum Gasteiger partial charge on any atom is -0.481 e. The summed E-state index contributed by atoms with van der Waals surface area (Å²) in [6, 6.07) is 6.54. The molecule has 5 nitrogen and oxygen atoms in total. The predicted molar refractivity (Wildman–Crippen MR) is 66.5 cm³/mol. The van der Waals surface area contributed by atoms with Crippen molar-refractivity contribution >= 4 is 5.97 Å². The van der Waals surface area contributed by atoms with Gasteiger partial charge in [-0.25, -0.2) is 9.48 Å². The largest absolute Gasteiger partial charge is 0.481 e. The van der Waals surface area contributed by atoms with Crippen molar-refractivity contribution in [2.24, 2.45) is 0 Å². The number of halogens is 3. The van der Waals surface area contributed by atoms with Crippen LogP contribution in [0.15, 0.2) is 30.3 Å². The summed E-state index contributed by atoms with van der Waals surface area (Å²) in [5.74, 6) is -0.599. The molecule has 0 spiro atoms. The molecule has 2 rings (SSSR count). The average Bonchev–Trinajstić information content (AvgIpc) is 2.91. The van der Waals surface area contributed by atoms with Gasteiger partial charge in [-0.2, -0.15) is 18.3 Å². The topological polar surface area (TPSA) is 53.4 Å². The maximum Gasteiger partial charge on any atom is 0.435 e. The first-order valence-electron chi connectivity index (χ1n) is 5.77. The predicted octanol–water partition coefficient (Wildman–Crippen LogP) is 2.69. The van der Waals surface area contributed by atoms with Crippen molar-refractivity contribution in [3.63, 3.8) is 0 Å². The minimum atomic E-state index is -4.56. The van der Waals surface area contributed by atoms with Gasteiger partial charge in [-0.05, 0) is 24.3 Å². The molecule has 1 aromatic heterocycles. The maximum atomic E-state index is 12.7. The highest BCUT2D eigenvalue weighted by Crippen LogP contribution is 2.31. The Balaban J connectivity index is 2.42. The van der Waals surface area contributed by atoms with Crippen LogP contribution in [0.4, 0.5) is 13.2 Å². The summed E-state index contributed by atoms with van der Waals surface area (Å²) in [6.45, 7) is 0. The lowest BCUT2D eigenvalue weighted by atomic mass is 10.2. The van der Waals surface area contributed by atoms with E-state index in [1.54, 1.807) is 0 Å². The SMILES string of the molecule is COC(=O)c1ccc(-n2nc(C(F)(F)F)cc2OC)cc1. The third kappa shape index (κ3) is 2.99. The molecule has 0 aliphatic carbocycles. The Morgan fingerprint density at radius 2 is 1.81 bits per heavy atom. The van der Waals surface area contributed by atoms with Gasteiger partial charge in [-0.15, -0.1) is 0 Å². The molecule has 2 aromatic rings. The summed E-state index contributed by atoms with van der Waals surface area (Å²) in [6.07, 6.45) is -4.56. The lowest BCUT2D eigenvalue weighted by molar-refractivity contribution is -0.141. The Hall–Kier alpha value is -2.51. The molecule has 21 heavy (non-hydrogen) atoms. The van der Waals surface area contributed by atoms with E-state index in [0.29, 0.717) is 5.69 Å². The summed E-state index contributed by atoms with van der Waals surface area (Å²) in [5.41, 5.74) is -0.449. The zero-order chi connectivity index (χ0) is 15.6. The van der Waals surface area contributed by atoms with Gasteiger partial charge in [0, 0.05) is 6.07 Å². The molecular weight excluding hydrogens is 289 g/mol. The van der Waals surface area contributed by atoms with Gasteiger partial charge in [0.05, 0.1) is 25.5 Å². The highest BCUT2D eigenvalue weighted by atomic mass is 19.4. The van der Waals surface area contributed by atoms with Crippen molar-refractivity contribution in [1.82, 2.24) is 9.78 Å². The van der Waals surface area contributed by atoms with Crippen molar-refractivity contribution in [2.45, 2.75) is 6.18 Å². The van der Waals surface area contributed by atoms with Crippen LogP contribution in [0, 0.1) is 0 Å². The number of nitrogens with zero attached hydrogens (tertiary/aromatic N) is 2. The molecule has 112 valence electrons. The number of rotatable bonds is 3. The summed E-state index contributed by atoms with van der Waals surface area (Å²) >= 11 is 0. The molecule has 0 radical (unpaired) electrons. The van der Waals surface area contributed by atoms with E-state index in [4.69, 9.17) is 4.74 Å². The highest BCUT2D eigenvalue weighted by Gasteiger charge is 2.35. The zero-order valence-corrected chi connectivity index (χ0v) is 11.1. The number of esters is 1. The number of benzene rings is 1. The van der Waals surface area contributed by atoms with Crippen LogP contribution in [-0.2, 0) is 10.9 Å². The summed E-state index contributed by atoms with van der Waals surface area (Å²) in [5, 5.41) is 3.47. The summed E-state index contributed by atoms with van der Waals surface area (Å²) in [4.78, 5) is 11.3. The van der Waals surface area contributed by atoms with Crippen molar-refractivity contribution in [3.05, 3.63) is 41.6 Å². The second-order valence-corrected chi connectivity index (χ2v) is 4.02. The molecule has 1 aromatic carbocycles. The van der Waals surface area contributed by atoms with Crippen LogP contribution in [0.5, 0.6) is 5.88 Å². The van der Waals surface area contributed by atoms with Gasteiger partial charge in [0.25, 0.3) is 0 Å². The molecule has 0 bridgehead atoms. The minimum absolute atomic E-state index is 0.0619. The fraction of sp³-hybridized carbons (Fsp3) is 0.231. The molecule has 0 unspecified atom stereocenters. The first kappa shape index (κ1) is 14.9. The molecule has 0 fully saturated rings. The molecule has 0 amide bonds. The Morgan fingerprint density at radius 1 is 1.19 bits per heavy atom. The summed E-state index contributed by atoms with van der Waals surface area (Å²) in [7, 11) is 2.48. The number of ether oxygens (including phenoxy) is 2. The second kappa shape index (κ2) is 5.47. The number of methoxy groups -OCH3 is 2. The van der Waals surface area contributed by atoms with Crippen molar-refractivity contribution in [1.29, 1.82) is 0 Å². The van der Waals surface area contributed by atoms with E-state index in [2.05, 4.69) is 9.84 Å². The molecule has 8 heteroatoms. The molecular formula is C13H11F3N2O3. The standard InChI is InChI=1S/C13H11F3N2O3/c1-20-11-7-10(13(14,15)16)17-18(11)9-5-3-8(4-6-9)12(19)21-2/h3-7H,1-2H3. The third-order valence-electron chi connectivity index (χ3n) is 2.71. The van der Waals surface area contributed by atoms with Crippen LogP contribution >= 0.6 is 0 Å². The molecule has 0 saturated heterocycles. The van der Waals surface area contributed by atoms with Crippen LogP contribution in [0.2, 0.25) is 0 Å². The van der Waals surface area contributed by atoms with Gasteiger partial charge in [-0.1, -0.05) is 0 Å². The van der Waals surface area contributed by atoms with Gasteiger partial charge < -0.3 is 9.47 Å². The maximum absolute atomic E-state index is 12.7. The van der Waals surface area contributed by atoms with Crippen molar-refractivity contribution in [3.8, 4) is 11.6 Å². The normalized spacial score (nSPS) is 11.3. The van der Waals surface area contributed by atoms with Crippen molar-refractivity contribution < 1.29 is 27.4 Å². The van der Waals surface area contributed by atoms with E-state index in [0.717, 1.165) is 10.7 Å².